The molecule has 2 saturated carbocycles. The third kappa shape index (κ3) is 4.47. The monoisotopic (exact) mass is 358 g/mol. The minimum Gasteiger partial charge on any atom is -0.371 e. The fourth-order valence-electron chi connectivity index (χ4n) is 4.25. The van der Waals surface area contributed by atoms with Gasteiger partial charge in [-0.15, -0.1) is 0 Å². The number of ether oxygens (including phenoxy) is 1. The Morgan fingerprint density at radius 1 is 1.00 bits per heavy atom. The molecule has 2 aliphatic rings. The van der Waals surface area contributed by atoms with E-state index in [0.29, 0.717) is 11.5 Å². The van der Waals surface area contributed by atoms with E-state index in [1.807, 2.05) is 0 Å². The molecule has 0 bridgehead atoms. The van der Waals surface area contributed by atoms with Crippen molar-refractivity contribution in [3.63, 3.8) is 0 Å². The Hall–Kier alpha value is 0.440. The smallest absolute Gasteiger partial charge is 0.0782 e. The maximum Gasteiger partial charge on any atom is 0.0782 e. The molecule has 0 aromatic rings. The molecule has 2 heteroatoms. The SMILES string of the molecule is CC1CCC(OC2(CBr)CCC(C(C)(C)C)CC2)CC1C. The first-order valence-corrected chi connectivity index (χ1v) is 10.1. The summed E-state index contributed by atoms with van der Waals surface area (Å²) in [6.07, 6.45) is 9.50. The molecule has 0 heterocycles. The van der Waals surface area contributed by atoms with Crippen LogP contribution in [0.1, 0.15) is 79.6 Å². The summed E-state index contributed by atoms with van der Waals surface area (Å²) in [6.45, 7) is 12.0. The van der Waals surface area contributed by atoms with Crippen LogP contribution >= 0.6 is 15.9 Å². The van der Waals surface area contributed by atoms with E-state index >= 15 is 0 Å². The highest BCUT2D eigenvalue weighted by Gasteiger charge is 2.41. The molecular weight excluding hydrogens is 324 g/mol. The van der Waals surface area contributed by atoms with Crippen molar-refractivity contribution in [1.29, 1.82) is 0 Å². The first-order chi connectivity index (χ1) is 9.76. The summed E-state index contributed by atoms with van der Waals surface area (Å²) in [7, 11) is 0. The van der Waals surface area contributed by atoms with Crippen LogP contribution < -0.4 is 0 Å². The standard InChI is InChI=1S/C19H35BrO/c1-14-6-7-17(12-15(14)2)21-19(13-20)10-8-16(9-11-19)18(3,4)5/h14-17H,6-13H2,1-5H3. The van der Waals surface area contributed by atoms with Crippen LogP contribution in [0.5, 0.6) is 0 Å². The number of halogens is 1. The number of alkyl halides is 1. The zero-order valence-corrected chi connectivity index (χ0v) is 16.3. The van der Waals surface area contributed by atoms with E-state index in [2.05, 4.69) is 50.5 Å². The van der Waals surface area contributed by atoms with Crippen LogP contribution in [0.25, 0.3) is 0 Å². The van der Waals surface area contributed by atoms with E-state index in [4.69, 9.17) is 4.74 Å². The molecule has 21 heavy (non-hydrogen) atoms. The van der Waals surface area contributed by atoms with E-state index in [9.17, 15) is 0 Å². The fraction of sp³-hybridized carbons (Fsp3) is 1.00. The highest BCUT2D eigenvalue weighted by molar-refractivity contribution is 9.09. The Kier molecular flexibility index (Phi) is 5.85. The maximum absolute atomic E-state index is 6.70. The van der Waals surface area contributed by atoms with Crippen LogP contribution in [0.15, 0.2) is 0 Å². The Morgan fingerprint density at radius 2 is 1.62 bits per heavy atom. The lowest BCUT2D eigenvalue weighted by molar-refractivity contribution is -0.128. The van der Waals surface area contributed by atoms with Gasteiger partial charge in [0.25, 0.3) is 0 Å². The van der Waals surface area contributed by atoms with Gasteiger partial charge in [0.05, 0.1) is 11.7 Å². The summed E-state index contributed by atoms with van der Waals surface area (Å²) >= 11 is 3.77. The summed E-state index contributed by atoms with van der Waals surface area (Å²) in [5, 5.41) is 1.01. The number of rotatable bonds is 3. The first-order valence-electron chi connectivity index (χ1n) is 8.99. The van der Waals surface area contributed by atoms with Gasteiger partial charge >= 0.3 is 0 Å². The average molecular weight is 359 g/mol. The molecule has 2 rings (SSSR count). The first kappa shape index (κ1) is 17.8. The van der Waals surface area contributed by atoms with Gasteiger partial charge in [-0.1, -0.05) is 50.5 Å². The fourth-order valence-corrected chi connectivity index (χ4v) is 4.94. The normalized spacial score (nSPS) is 42.0. The van der Waals surface area contributed by atoms with Gasteiger partial charge in [0.15, 0.2) is 0 Å². The molecule has 0 amide bonds. The molecule has 0 radical (unpaired) electrons. The van der Waals surface area contributed by atoms with E-state index in [-0.39, 0.29) is 5.60 Å². The predicted octanol–water partition coefficient (Wildman–Crippen LogP) is 6.20. The summed E-state index contributed by atoms with van der Waals surface area (Å²) in [4.78, 5) is 0. The van der Waals surface area contributed by atoms with E-state index in [1.165, 1.54) is 44.9 Å². The lowest BCUT2D eigenvalue weighted by Crippen LogP contribution is -2.45. The molecule has 3 unspecified atom stereocenters. The lowest BCUT2D eigenvalue weighted by Gasteiger charge is -2.46. The third-order valence-corrected chi connectivity index (χ3v) is 7.35. The Bertz CT molecular complexity index is 325. The second kappa shape index (κ2) is 6.91. The van der Waals surface area contributed by atoms with Gasteiger partial charge < -0.3 is 4.74 Å². The topological polar surface area (TPSA) is 9.23 Å². The van der Waals surface area contributed by atoms with Gasteiger partial charge in [-0.3, -0.25) is 0 Å². The zero-order valence-electron chi connectivity index (χ0n) is 14.8. The summed E-state index contributed by atoms with van der Waals surface area (Å²) < 4.78 is 6.70. The maximum atomic E-state index is 6.70. The quantitative estimate of drug-likeness (QED) is 0.545. The summed E-state index contributed by atoms with van der Waals surface area (Å²) in [5.41, 5.74) is 0.569. The van der Waals surface area contributed by atoms with Crippen molar-refractivity contribution in [2.24, 2.45) is 23.2 Å². The minimum absolute atomic E-state index is 0.118. The Labute approximate surface area is 140 Å². The van der Waals surface area contributed by atoms with Gasteiger partial charge in [0.2, 0.25) is 0 Å². The van der Waals surface area contributed by atoms with Gasteiger partial charge in [-0.05, 0) is 68.1 Å². The molecule has 0 aliphatic heterocycles. The van der Waals surface area contributed by atoms with Crippen molar-refractivity contribution >= 4 is 15.9 Å². The van der Waals surface area contributed by atoms with Crippen LogP contribution in [-0.4, -0.2) is 17.0 Å². The van der Waals surface area contributed by atoms with Crippen molar-refractivity contribution in [2.45, 2.75) is 91.3 Å². The van der Waals surface area contributed by atoms with E-state index in [0.717, 1.165) is 23.1 Å². The second-order valence-corrected chi connectivity index (χ2v) is 9.53. The molecular formula is C19H35BrO. The van der Waals surface area contributed by atoms with Gasteiger partial charge in [0.1, 0.15) is 0 Å². The van der Waals surface area contributed by atoms with Crippen LogP contribution in [0, 0.1) is 23.2 Å². The lowest BCUT2D eigenvalue weighted by atomic mass is 9.68. The Morgan fingerprint density at radius 3 is 2.10 bits per heavy atom. The zero-order chi connectivity index (χ0) is 15.7. The largest absolute Gasteiger partial charge is 0.371 e. The summed E-state index contributed by atoms with van der Waals surface area (Å²) in [5.74, 6) is 2.56. The van der Waals surface area contributed by atoms with Crippen LogP contribution in [-0.2, 0) is 4.74 Å². The Balaban J connectivity index is 1.91. The predicted molar refractivity (Wildman–Crippen MR) is 95.0 cm³/mol. The van der Waals surface area contributed by atoms with Crippen molar-refractivity contribution < 1.29 is 4.74 Å². The highest BCUT2D eigenvalue weighted by Crippen LogP contribution is 2.45. The van der Waals surface area contributed by atoms with Crippen molar-refractivity contribution in [3.05, 3.63) is 0 Å². The molecule has 1 nitrogen and oxygen atoms in total. The van der Waals surface area contributed by atoms with Gasteiger partial charge in [-0.2, -0.15) is 0 Å². The van der Waals surface area contributed by atoms with E-state index in [1.54, 1.807) is 0 Å². The van der Waals surface area contributed by atoms with Crippen molar-refractivity contribution in [3.8, 4) is 0 Å². The molecule has 2 aliphatic carbocycles. The second-order valence-electron chi connectivity index (χ2n) is 8.96. The number of hydrogen-bond acceptors (Lipinski definition) is 1. The molecule has 0 spiro atoms. The summed E-state index contributed by atoms with van der Waals surface area (Å²) in [6, 6.07) is 0. The van der Waals surface area contributed by atoms with Crippen molar-refractivity contribution in [1.82, 2.24) is 0 Å². The average Bonchev–Trinajstić information content (AvgIpc) is 2.42. The highest BCUT2D eigenvalue weighted by atomic mass is 79.9. The molecule has 2 fully saturated rings. The van der Waals surface area contributed by atoms with Crippen LogP contribution in [0.4, 0.5) is 0 Å². The van der Waals surface area contributed by atoms with Gasteiger partial charge in [-0.25, -0.2) is 0 Å². The minimum atomic E-state index is 0.118. The third-order valence-electron chi connectivity index (χ3n) is 6.33. The molecule has 0 aromatic carbocycles. The van der Waals surface area contributed by atoms with Crippen LogP contribution in [0.2, 0.25) is 0 Å². The number of hydrogen-bond donors (Lipinski definition) is 0. The van der Waals surface area contributed by atoms with Crippen molar-refractivity contribution in [2.75, 3.05) is 5.33 Å². The molecule has 0 aromatic heterocycles. The molecule has 0 N–H and O–H groups in total. The van der Waals surface area contributed by atoms with E-state index < -0.39 is 0 Å². The van der Waals surface area contributed by atoms with Crippen LogP contribution in [0.3, 0.4) is 0 Å². The van der Waals surface area contributed by atoms with Gasteiger partial charge in [0, 0.05) is 5.33 Å². The molecule has 124 valence electrons. The molecule has 3 atom stereocenters. The molecule has 0 saturated heterocycles.